The highest BCUT2D eigenvalue weighted by Gasteiger charge is 2.25. The molecule has 1 atom stereocenters. The van der Waals surface area contributed by atoms with Gasteiger partial charge in [-0.25, -0.2) is 0 Å². The smallest absolute Gasteiger partial charge is 0.227 e. The normalized spacial score (nSPS) is 19.6. The van der Waals surface area contributed by atoms with E-state index in [2.05, 4.69) is 0 Å². The van der Waals surface area contributed by atoms with Crippen LogP contribution in [0.1, 0.15) is 19.3 Å². The minimum absolute atomic E-state index is 0.141. The van der Waals surface area contributed by atoms with Crippen molar-refractivity contribution in [2.45, 2.75) is 19.3 Å². The van der Waals surface area contributed by atoms with E-state index in [0.29, 0.717) is 18.1 Å². The molecule has 2 amide bonds. The fourth-order valence-electron chi connectivity index (χ4n) is 1.97. The molecule has 1 unspecified atom stereocenters. The van der Waals surface area contributed by atoms with Crippen molar-refractivity contribution in [2.24, 2.45) is 11.7 Å². The Labute approximate surface area is 106 Å². The standard InChI is InChI=1S/C11H20N2O3S/c12-10(15)8-17-6-3-11(16)13-4-1-9(7-13)2-5-14/h9,14H,1-8H2,(H2,12,15). The zero-order valence-electron chi connectivity index (χ0n) is 9.93. The Kier molecular flexibility index (Phi) is 6.36. The van der Waals surface area contributed by atoms with Gasteiger partial charge in [0.1, 0.15) is 0 Å². The SMILES string of the molecule is NC(=O)CSCCC(=O)N1CCC(CCO)C1. The van der Waals surface area contributed by atoms with Crippen LogP contribution in [-0.4, -0.2) is 53.0 Å². The van der Waals surface area contributed by atoms with Crippen LogP contribution < -0.4 is 5.73 Å². The van der Waals surface area contributed by atoms with Crippen molar-refractivity contribution in [3.05, 3.63) is 0 Å². The third-order valence-corrected chi connectivity index (χ3v) is 3.86. The van der Waals surface area contributed by atoms with Gasteiger partial charge in [-0.1, -0.05) is 0 Å². The molecule has 1 aliphatic heterocycles. The van der Waals surface area contributed by atoms with Crippen molar-refractivity contribution in [3.8, 4) is 0 Å². The maximum atomic E-state index is 11.8. The first kappa shape index (κ1) is 14.3. The van der Waals surface area contributed by atoms with Gasteiger partial charge < -0.3 is 15.7 Å². The number of rotatable bonds is 7. The minimum Gasteiger partial charge on any atom is -0.396 e. The Morgan fingerprint density at radius 3 is 2.88 bits per heavy atom. The molecule has 1 rings (SSSR count). The molecule has 0 aromatic carbocycles. The lowest BCUT2D eigenvalue weighted by atomic mass is 10.1. The van der Waals surface area contributed by atoms with Crippen molar-refractivity contribution in [2.75, 3.05) is 31.2 Å². The van der Waals surface area contributed by atoms with Gasteiger partial charge in [0.2, 0.25) is 11.8 Å². The van der Waals surface area contributed by atoms with Gasteiger partial charge in [-0.05, 0) is 18.8 Å². The van der Waals surface area contributed by atoms with E-state index in [1.165, 1.54) is 11.8 Å². The Morgan fingerprint density at radius 1 is 1.47 bits per heavy atom. The predicted molar refractivity (Wildman–Crippen MR) is 67.5 cm³/mol. The number of hydrogen-bond donors (Lipinski definition) is 2. The summed E-state index contributed by atoms with van der Waals surface area (Å²) in [6.45, 7) is 1.75. The summed E-state index contributed by atoms with van der Waals surface area (Å²) < 4.78 is 0. The molecular weight excluding hydrogens is 240 g/mol. The second-order valence-electron chi connectivity index (χ2n) is 4.28. The number of likely N-dealkylation sites (tertiary alicyclic amines) is 1. The number of nitrogens with zero attached hydrogens (tertiary/aromatic N) is 1. The first-order valence-corrected chi connectivity index (χ1v) is 7.03. The molecule has 1 aliphatic rings. The van der Waals surface area contributed by atoms with Crippen LogP contribution in [0.15, 0.2) is 0 Å². The molecule has 17 heavy (non-hydrogen) atoms. The van der Waals surface area contributed by atoms with Crippen molar-refractivity contribution in [3.63, 3.8) is 0 Å². The Morgan fingerprint density at radius 2 is 2.24 bits per heavy atom. The average Bonchev–Trinajstić information content (AvgIpc) is 2.73. The van der Waals surface area contributed by atoms with Gasteiger partial charge >= 0.3 is 0 Å². The molecule has 0 saturated carbocycles. The van der Waals surface area contributed by atoms with Gasteiger partial charge in [-0.15, -0.1) is 0 Å². The maximum Gasteiger partial charge on any atom is 0.227 e. The highest BCUT2D eigenvalue weighted by molar-refractivity contribution is 7.99. The number of carbonyl (C=O) groups is 2. The quantitative estimate of drug-likeness (QED) is 0.622. The second-order valence-corrected chi connectivity index (χ2v) is 5.38. The van der Waals surface area contributed by atoms with Crippen molar-refractivity contribution in [1.29, 1.82) is 0 Å². The van der Waals surface area contributed by atoms with Crippen molar-refractivity contribution >= 4 is 23.6 Å². The molecule has 1 heterocycles. The third-order valence-electron chi connectivity index (χ3n) is 2.88. The van der Waals surface area contributed by atoms with Crippen molar-refractivity contribution in [1.82, 2.24) is 4.90 Å². The molecule has 1 saturated heterocycles. The highest BCUT2D eigenvalue weighted by Crippen LogP contribution is 2.20. The van der Waals surface area contributed by atoms with Crippen LogP contribution in [0.4, 0.5) is 0 Å². The number of aliphatic hydroxyl groups is 1. The summed E-state index contributed by atoms with van der Waals surface area (Å²) in [7, 11) is 0. The van der Waals surface area contributed by atoms with Gasteiger partial charge in [-0.3, -0.25) is 9.59 Å². The first-order valence-electron chi connectivity index (χ1n) is 5.88. The molecule has 5 nitrogen and oxygen atoms in total. The molecule has 98 valence electrons. The molecule has 1 fully saturated rings. The number of carbonyl (C=O) groups excluding carboxylic acids is 2. The highest BCUT2D eigenvalue weighted by atomic mass is 32.2. The van der Waals surface area contributed by atoms with Crippen LogP contribution in [-0.2, 0) is 9.59 Å². The zero-order valence-corrected chi connectivity index (χ0v) is 10.7. The molecule has 3 N–H and O–H groups in total. The van der Waals surface area contributed by atoms with E-state index in [1.54, 1.807) is 0 Å². The van der Waals surface area contributed by atoms with Gasteiger partial charge in [0.25, 0.3) is 0 Å². The Balaban J connectivity index is 2.14. The van der Waals surface area contributed by atoms with Crippen molar-refractivity contribution < 1.29 is 14.7 Å². The zero-order chi connectivity index (χ0) is 12.7. The average molecular weight is 260 g/mol. The first-order chi connectivity index (χ1) is 8.13. The summed E-state index contributed by atoms with van der Waals surface area (Å²) in [6.07, 6.45) is 2.23. The van der Waals surface area contributed by atoms with Crippen LogP contribution in [0.2, 0.25) is 0 Å². The Hall–Kier alpha value is -0.750. The fraction of sp³-hybridized carbons (Fsp3) is 0.818. The summed E-state index contributed by atoms with van der Waals surface area (Å²) in [5.74, 6) is 1.17. The van der Waals surface area contributed by atoms with E-state index < -0.39 is 0 Å². The molecule has 6 heteroatoms. The van der Waals surface area contributed by atoms with Gasteiger partial charge in [0, 0.05) is 31.9 Å². The largest absolute Gasteiger partial charge is 0.396 e. The second kappa shape index (κ2) is 7.55. The van der Waals surface area contributed by atoms with E-state index in [-0.39, 0.29) is 24.2 Å². The lowest BCUT2D eigenvalue weighted by Gasteiger charge is -2.16. The number of aliphatic hydroxyl groups excluding tert-OH is 1. The number of nitrogens with two attached hydrogens (primary N) is 1. The summed E-state index contributed by atoms with van der Waals surface area (Å²) in [5, 5.41) is 8.83. The Bertz CT molecular complexity index is 273. The van der Waals surface area contributed by atoms with Gasteiger partial charge in [0.15, 0.2) is 0 Å². The topological polar surface area (TPSA) is 83.6 Å². The monoisotopic (exact) mass is 260 g/mol. The van der Waals surface area contributed by atoms with E-state index in [9.17, 15) is 9.59 Å². The number of hydrogen-bond acceptors (Lipinski definition) is 4. The third kappa shape index (κ3) is 5.41. The van der Waals surface area contributed by atoms with Crippen LogP contribution in [0.3, 0.4) is 0 Å². The van der Waals surface area contributed by atoms with Crippen LogP contribution >= 0.6 is 11.8 Å². The van der Waals surface area contributed by atoms with E-state index in [4.69, 9.17) is 10.8 Å². The summed E-state index contributed by atoms with van der Waals surface area (Å²) in [5.41, 5.74) is 5.00. The number of primary amides is 1. The molecular formula is C11H20N2O3S. The van der Waals surface area contributed by atoms with E-state index >= 15 is 0 Å². The van der Waals surface area contributed by atoms with Crippen LogP contribution in [0.25, 0.3) is 0 Å². The van der Waals surface area contributed by atoms with E-state index in [0.717, 1.165) is 25.9 Å². The number of amides is 2. The summed E-state index contributed by atoms with van der Waals surface area (Å²) in [4.78, 5) is 24.1. The predicted octanol–water partition coefficient (Wildman–Crippen LogP) is -0.174. The maximum absolute atomic E-state index is 11.8. The lowest BCUT2D eigenvalue weighted by Crippen LogP contribution is -2.29. The van der Waals surface area contributed by atoms with Gasteiger partial charge in [-0.2, -0.15) is 11.8 Å². The van der Waals surface area contributed by atoms with Crippen LogP contribution in [0.5, 0.6) is 0 Å². The molecule has 0 aromatic rings. The summed E-state index contributed by atoms with van der Waals surface area (Å²) in [6, 6.07) is 0. The summed E-state index contributed by atoms with van der Waals surface area (Å²) >= 11 is 1.40. The molecule has 0 spiro atoms. The fourth-order valence-corrected chi connectivity index (χ4v) is 2.63. The van der Waals surface area contributed by atoms with E-state index in [1.807, 2.05) is 4.90 Å². The molecule has 0 aromatic heterocycles. The van der Waals surface area contributed by atoms with Gasteiger partial charge in [0.05, 0.1) is 5.75 Å². The lowest BCUT2D eigenvalue weighted by molar-refractivity contribution is -0.129. The number of thioether (sulfide) groups is 1. The minimum atomic E-state index is -0.341. The molecule has 0 aliphatic carbocycles. The molecule has 0 radical (unpaired) electrons. The molecule has 0 bridgehead atoms. The van der Waals surface area contributed by atoms with Crippen LogP contribution in [0, 0.1) is 5.92 Å².